The Kier molecular flexibility index (Phi) is 4.06. The summed E-state index contributed by atoms with van der Waals surface area (Å²) in [5, 5.41) is 11.4. The lowest BCUT2D eigenvalue weighted by Crippen LogP contribution is -2.28. The molecule has 0 radical (unpaired) electrons. The van der Waals surface area contributed by atoms with Crippen molar-refractivity contribution in [2.24, 2.45) is 5.92 Å². The lowest BCUT2D eigenvalue weighted by atomic mass is 10.3. The van der Waals surface area contributed by atoms with E-state index in [0.717, 1.165) is 12.5 Å². The smallest absolute Gasteiger partial charge is 0.119 e. The maximum Gasteiger partial charge on any atom is 0.119 e. The fraction of sp³-hybridized carbons (Fsp3) is 0.889. The minimum absolute atomic E-state index is 0.149. The van der Waals surface area contributed by atoms with Crippen molar-refractivity contribution >= 4 is 0 Å². The normalized spacial score (nSPS) is 18.7. The van der Waals surface area contributed by atoms with Crippen LogP contribution in [-0.4, -0.2) is 26.3 Å². The molecule has 0 aliphatic heterocycles. The number of ether oxygens (including phenoxy) is 1. The molecule has 68 valence electrons. The van der Waals surface area contributed by atoms with Crippen LogP contribution in [0.1, 0.15) is 19.3 Å². The van der Waals surface area contributed by atoms with Crippen LogP contribution in [0.15, 0.2) is 0 Å². The van der Waals surface area contributed by atoms with Crippen molar-refractivity contribution in [1.82, 2.24) is 5.32 Å². The molecule has 0 saturated heterocycles. The summed E-state index contributed by atoms with van der Waals surface area (Å²) in [7, 11) is 1.78. The molecule has 3 nitrogen and oxygen atoms in total. The van der Waals surface area contributed by atoms with Crippen molar-refractivity contribution in [3.05, 3.63) is 0 Å². The fourth-order valence-corrected chi connectivity index (χ4v) is 1.04. The van der Waals surface area contributed by atoms with E-state index < -0.39 is 0 Å². The average molecular weight is 168 g/mol. The molecule has 1 aliphatic rings. The molecule has 0 aromatic carbocycles. The topological polar surface area (TPSA) is 45.0 Å². The third-order valence-electron chi connectivity index (χ3n) is 2.16. The van der Waals surface area contributed by atoms with E-state index in [1.165, 1.54) is 19.3 Å². The van der Waals surface area contributed by atoms with Gasteiger partial charge in [-0.3, -0.25) is 0 Å². The molecule has 0 heterocycles. The zero-order chi connectivity index (χ0) is 8.81. The van der Waals surface area contributed by atoms with Gasteiger partial charge in [-0.15, -0.1) is 0 Å². The molecule has 0 aromatic rings. The molecule has 1 unspecified atom stereocenters. The second kappa shape index (κ2) is 5.13. The third kappa shape index (κ3) is 3.70. The summed E-state index contributed by atoms with van der Waals surface area (Å²) in [6.07, 6.45) is 3.91. The summed E-state index contributed by atoms with van der Waals surface area (Å²) in [6.45, 7) is 1.32. The summed E-state index contributed by atoms with van der Waals surface area (Å²) in [6, 6.07) is 1.97. The molecule has 12 heavy (non-hydrogen) atoms. The molecule has 1 N–H and O–H groups in total. The molecule has 0 bridgehead atoms. The standard InChI is InChI=1S/C9H16N2O/c1-11-9(6-10)7-12-5-4-8-2-3-8/h8-9,11H,2-5,7H2,1H3. The molecule has 1 saturated carbocycles. The Bertz CT molecular complexity index is 160. The maximum absolute atomic E-state index is 8.55. The molecule has 1 fully saturated rings. The van der Waals surface area contributed by atoms with Crippen LogP contribution < -0.4 is 5.32 Å². The van der Waals surface area contributed by atoms with Crippen LogP contribution in [0.2, 0.25) is 0 Å². The van der Waals surface area contributed by atoms with Crippen molar-refractivity contribution in [2.45, 2.75) is 25.3 Å². The average Bonchev–Trinajstić information content (AvgIpc) is 2.89. The number of nitriles is 1. The van der Waals surface area contributed by atoms with Gasteiger partial charge >= 0.3 is 0 Å². The Morgan fingerprint density at radius 2 is 2.42 bits per heavy atom. The number of likely N-dealkylation sites (N-methyl/N-ethyl adjacent to an activating group) is 1. The van der Waals surface area contributed by atoms with Crippen molar-refractivity contribution in [2.75, 3.05) is 20.3 Å². The van der Waals surface area contributed by atoms with Crippen molar-refractivity contribution in [3.63, 3.8) is 0 Å². The van der Waals surface area contributed by atoms with Gasteiger partial charge in [-0.05, 0) is 19.4 Å². The quantitative estimate of drug-likeness (QED) is 0.600. The Morgan fingerprint density at radius 3 is 2.92 bits per heavy atom. The summed E-state index contributed by atoms with van der Waals surface area (Å²) >= 11 is 0. The zero-order valence-electron chi connectivity index (χ0n) is 7.55. The highest BCUT2D eigenvalue weighted by Crippen LogP contribution is 2.31. The fourth-order valence-electron chi connectivity index (χ4n) is 1.04. The van der Waals surface area contributed by atoms with E-state index >= 15 is 0 Å². The van der Waals surface area contributed by atoms with Crippen LogP contribution in [0.4, 0.5) is 0 Å². The van der Waals surface area contributed by atoms with E-state index in [1.807, 2.05) is 0 Å². The molecule has 3 heteroatoms. The van der Waals surface area contributed by atoms with Crippen LogP contribution in [-0.2, 0) is 4.74 Å². The predicted molar refractivity (Wildman–Crippen MR) is 46.6 cm³/mol. The first-order valence-electron chi connectivity index (χ1n) is 4.51. The highest BCUT2D eigenvalue weighted by Gasteiger charge is 2.20. The summed E-state index contributed by atoms with van der Waals surface area (Å²) in [5.41, 5.74) is 0. The van der Waals surface area contributed by atoms with Gasteiger partial charge in [0.05, 0.1) is 12.7 Å². The molecule has 0 aromatic heterocycles. The first-order chi connectivity index (χ1) is 5.86. The second-order valence-corrected chi connectivity index (χ2v) is 3.28. The van der Waals surface area contributed by atoms with Gasteiger partial charge in [-0.2, -0.15) is 5.26 Å². The van der Waals surface area contributed by atoms with E-state index in [4.69, 9.17) is 10.00 Å². The first kappa shape index (κ1) is 9.50. The minimum atomic E-state index is -0.149. The van der Waals surface area contributed by atoms with Crippen LogP contribution in [0.25, 0.3) is 0 Å². The highest BCUT2D eigenvalue weighted by molar-refractivity contribution is 4.88. The Labute approximate surface area is 73.7 Å². The van der Waals surface area contributed by atoms with E-state index in [0.29, 0.717) is 6.61 Å². The lowest BCUT2D eigenvalue weighted by Gasteiger charge is -2.07. The second-order valence-electron chi connectivity index (χ2n) is 3.28. The highest BCUT2D eigenvalue weighted by atomic mass is 16.5. The predicted octanol–water partition coefficient (Wildman–Crippen LogP) is 0.915. The summed E-state index contributed by atoms with van der Waals surface area (Å²) < 4.78 is 5.34. The molecule has 1 rings (SSSR count). The van der Waals surface area contributed by atoms with Gasteiger partial charge in [0.15, 0.2) is 0 Å². The SMILES string of the molecule is CNC(C#N)COCCC1CC1. The maximum atomic E-state index is 8.55. The van der Waals surface area contributed by atoms with Gasteiger partial charge in [0, 0.05) is 6.61 Å². The number of hydrogen-bond donors (Lipinski definition) is 1. The van der Waals surface area contributed by atoms with Crippen LogP contribution in [0.3, 0.4) is 0 Å². The Morgan fingerprint density at radius 1 is 1.67 bits per heavy atom. The zero-order valence-corrected chi connectivity index (χ0v) is 7.55. The monoisotopic (exact) mass is 168 g/mol. The molecule has 0 spiro atoms. The Balaban J connectivity index is 1.89. The number of hydrogen-bond acceptors (Lipinski definition) is 3. The molecule has 1 aliphatic carbocycles. The first-order valence-corrected chi connectivity index (χ1v) is 4.51. The number of rotatable bonds is 6. The lowest BCUT2D eigenvalue weighted by molar-refractivity contribution is 0.119. The minimum Gasteiger partial charge on any atom is -0.379 e. The third-order valence-corrected chi connectivity index (χ3v) is 2.16. The van der Waals surface area contributed by atoms with Gasteiger partial charge in [0.2, 0.25) is 0 Å². The van der Waals surface area contributed by atoms with E-state index in [9.17, 15) is 0 Å². The molecule has 0 amide bonds. The molecular formula is C9H16N2O. The van der Waals surface area contributed by atoms with Crippen molar-refractivity contribution < 1.29 is 4.74 Å². The van der Waals surface area contributed by atoms with Gasteiger partial charge in [-0.25, -0.2) is 0 Å². The van der Waals surface area contributed by atoms with Gasteiger partial charge in [0.25, 0.3) is 0 Å². The molecular weight excluding hydrogens is 152 g/mol. The van der Waals surface area contributed by atoms with Crippen LogP contribution >= 0.6 is 0 Å². The van der Waals surface area contributed by atoms with Crippen molar-refractivity contribution in [1.29, 1.82) is 5.26 Å². The largest absolute Gasteiger partial charge is 0.379 e. The van der Waals surface area contributed by atoms with Gasteiger partial charge in [-0.1, -0.05) is 12.8 Å². The van der Waals surface area contributed by atoms with Crippen LogP contribution in [0.5, 0.6) is 0 Å². The number of nitrogens with zero attached hydrogens (tertiary/aromatic N) is 1. The van der Waals surface area contributed by atoms with Gasteiger partial charge in [0.1, 0.15) is 6.04 Å². The van der Waals surface area contributed by atoms with Crippen molar-refractivity contribution in [3.8, 4) is 6.07 Å². The Hall–Kier alpha value is -0.590. The van der Waals surface area contributed by atoms with E-state index in [-0.39, 0.29) is 6.04 Å². The number of nitrogens with one attached hydrogen (secondary N) is 1. The van der Waals surface area contributed by atoms with Gasteiger partial charge < -0.3 is 10.1 Å². The van der Waals surface area contributed by atoms with E-state index in [1.54, 1.807) is 7.05 Å². The van der Waals surface area contributed by atoms with Crippen LogP contribution in [0, 0.1) is 17.2 Å². The summed E-state index contributed by atoms with van der Waals surface area (Å²) in [5.74, 6) is 0.917. The molecule has 1 atom stereocenters. The van der Waals surface area contributed by atoms with E-state index in [2.05, 4.69) is 11.4 Å². The summed E-state index contributed by atoms with van der Waals surface area (Å²) in [4.78, 5) is 0.